The van der Waals surface area contributed by atoms with Crippen LogP contribution in [0, 0.1) is 0 Å². The highest BCUT2D eigenvalue weighted by atomic mass is 32.1. The summed E-state index contributed by atoms with van der Waals surface area (Å²) in [5, 5.41) is 12.7. The number of benzene rings is 9. The Labute approximate surface area is 282 Å². The quantitative estimate of drug-likeness (QED) is 0.176. The van der Waals surface area contributed by atoms with E-state index in [1.54, 1.807) is 0 Å². The van der Waals surface area contributed by atoms with Gasteiger partial charge in [0.15, 0.2) is 0 Å². The summed E-state index contributed by atoms with van der Waals surface area (Å²) in [6.45, 7) is 0. The first-order valence-electron chi connectivity index (χ1n) is 16.4. The van der Waals surface area contributed by atoms with E-state index in [0.29, 0.717) is 0 Å². The number of hydrogen-bond acceptors (Lipinski definition) is 2. The van der Waals surface area contributed by atoms with Gasteiger partial charge in [-0.1, -0.05) is 140 Å². The predicted molar refractivity (Wildman–Crippen MR) is 209 cm³/mol. The Morgan fingerprint density at radius 3 is 1.79 bits per heavy atom. The van der Waals surface area contributed by atoms with Gasteiger partial charge in [0, 0.05) is 36.9 Å². The van der Waals surface area contributed by atoms with E-state index >= 15 is 0 Å². The van der Waals surface area contributed by atoms with Crippen LogP contribution in [-0.4, -0.2) is 0 Å². The van der Waals surface area contributed by atoms with Gasteiger partial charge in [0.05, 0.1) is 5.69 Å². The van der Waals surface area contributed by atoms with Crippen LogP contribution in [0.3, 0.4) is 0 Å². The third-order valence-electron chi connectivity index (χ3n) is 9.81. The maximum atomic E-state index is 2.45. The molecular formula is C46H29NS. The van der Waals surface area contributed by atoms with Crippen molar-refractivity contribution in [2.75, 3.05) is 4.90 Å². The molecule has 1 heterocycles. The molecule has 0 aliphatic carbocycles. The summed E-state index contributed by atoms with van der Waals surface area (Å²) >= 11 is 1.87. The van der Waals surface area contributed by atoms with E-state index in [1.807, 2.05) is 11.3 Å². The molecule has 0 fully saturated rings. The normalized spacial score (nSPS) is 11.8. The van der Waals surface area contributed by atoms with E-state index in [2.05, 4.69) is 181 Å². The third-order valence-corrected chi connectivity index (χ3v) is 10.9. The average Bonchev–Trinajstić information content (AvgIpc) is 3.53. The van der Waals surface area contributed by atoms with Crippen molar-refractivity contribution >= 4 is 91.7 Å². The molecule has 0 aliphatic rings. The van der Waals surface area contributed by atoms with Crippen LogP contribution in [0.2, 0.25) is 0 Å². The molecule has 0 amide bonds. The molecule has 0 spiro atoms. The van der Waals surface area contributed by atoms with Crippen LogP contribution >= 0.6 is 11.3 Å². The lowest BCUT2D eigenvalue weighted by Gasteiger charge is -2.28. The van der Waals surface area contributed by atoms with Gasteiger partial charge in [-0.3, -0.25) is 0 Å². The second kappa shape index (κ2) is 10.8. The van der Waals surface area contributed by atoms with Crippen LogP contribution in [0.5, 0.6) is 0 Å². The van der Waals surface area contributed by atoms with Crippen molar-refractivity contribution in [3.8, 4) is 11.1 Å². The van der Waals surface area contributed by atoms with Gasteiger partial charge < -0.3 is 4.90 Å². The fourth-order valence-corrected chi connectivity index (χ4v) is 8.73. The monoisotopic (exact) mass is 627 g/mol. The van der Waals surface area contributed by atoms with Crippen LogP contribution in [0.1, 0.15) is 0 Å². The number of rotatable bonds is 4. The van der Waals surface area contributed by atoms with E-state index < -0.39 is 0 Å². The smallest absolute Gasteiger partial charge is 0.0546 e. The molecule has 10 rings (SSSR count). The highest BCUT2D eigenvalue weighted by Crippen LogP contribution is 2.46. The van der Waals surface area contributed by atoms with E-state index in [-0.39, 0.29) is 0 Å². The molecule has 1 aromatic heterocycles. The molecule has 0 unspecified atom stereocenters. The second-order valence-corrected chi connectivity index (χ2v) is 13.6. The zero-order valence-corrected chi connectivity index (χ0v) is 26.9. The van der Waals surface area contributed by atoms with Crippen LogP contribution in [0.4, 0.5) is 17.1 Å². The lowest BCUT2D eigenvalue weighted by atomic mass is 9.94. The largest absolute Gasteiger partial charge is 0.310 e. The average molecular weight is 628 g/mol. The maximum Gasteiger partial charge on any atom is 0.0546 e. The Hall–Kier alpha value is -5.96. The molecule has 0 saturated heterocycles. The molecule has 10 aromatic rings. The number of nitrogens with zero attached hydrogens (tertiary/aromatic N) is 1. The molecule has 0 aliphatic heterocycles. The molecule has 224 valence electrons. The second-order valence-electron chi connectivity index (χ2n) is 12.5. The van der Waals surface area contributed by atoms with Gasteiger partial charge in [-0.25, -0.2) is 0 Å². The van der Waals surface area contributed by atoms with Crippen molar-refractivity contribution in [1.82, 2.24) is 0 Å². The molecule has 1 nitrogen and oxygen atoms in total. The lowest BCUT2D eigenvalue weighted by molar-refractivity contribution is 1.31. The van der Waals surface area contributed by atoms with E-state index in [0.717, 1.165) is 11.4 Å². The summed E-state index contributed by atoms with van der Waals surface area (Å²) in [6.07, 6.45) is 0. The van der Waals surface area contributed by atoms with Crippen molar-refractivity contribution in [2.24, 2.45) is 0 Å². The van der Waals surface area contributed by atoms with Crippen molar-refractivity contribution in [3.63, 3.8) is 0 Å². The fourth-order valence-electron chi connectivity index (χ4n) is 7.59. The Balaban J connectivity index is 1.22. The number of hydrogen-bond donors (Lipinski definition) is 0. The van der Waals surface area contributed by atoms with Crippen LogP contribution < -0.4 is 4.90 Å². The lowest BCUT2D eigenvalue weighted by Crippen LogP contribution is -2.10. The molecule has 9 aromatic carbocycles. The molecule has 48 heavy (non-hydrogen) atoms. The number of fused-ring (bicyclic) bond motifs is 9. The summed E-state index contributed by atoms with van der Waals surface area (Å²) in [7, 11) is 0. The first kappa shape index (κ1) is 27.2. The number of thiophene rings is 1. The fraction of sp³-hybridized carbons (Fsp3) is 0. The van der Waals surface area contributed by atoms with Gasteiger partial charge in [-0.2, -0.15) is 0 Å². The van der Waals surface area contributed by atoms with E-state index in [4.69, 9.17) is 0 Å². The molecule has 0 atom stereocenters. The zero-order valence-electron chi connectivity index (χ0n) is 26.1. The molecule has 2 heteroatoms. The first-order chi connectivity index (χ1) is 23.8. The maximum absolute atomic E-state index is 2.45. The van der Waals surface area contributed by atoms with E-state index in [9.17, 15) is 0 Å². The predicted octanol–water partition coefficient (Wildman–Crippen LogP) is 13.8. The number of anilines is 3. The summed E-state index contributed by atoms with van der Waals surface area (Å²) in [5.74, 6) is 0. The SMILES string of the molecule is c1ccc2c(-c3ccc(N(c4ccc5c(c4)sc4ccccc45)c4cc5ccc6ccccc6c5c5ccccc45)cc3)cccc2c1. The Morgan fingerprint density at radius 1 is 0.354 bits per heavy atom. The first-order valence-corrected chi connectivity index (χ1v) is 17.2. The Morgan fingerprint density at radius 2 is 0.958 bits per heavy atom. The highest BCUT2D eigenvalue weighted by molar-refractivity contribution is 7.25. The topological polar surface area (TPSA) is 3.24 Å². The van der Waals surface area contributed by atoms with Gasteiger partial charge in [-0.05, 0) is 85.2 Å². The minimum absolute atomic E-state index is 1.13. The van der Waals surface area contributed by atoms with Gasteiger partial charge >= 0.3 is 0 Å². The van der Waals surface area contributed by atoms with Crippen LogP contribution in [0.25, 0.3) is 74.4 Å². The van der Waals surface area contributed by atoms with Crippen molar-refractivity contribution in [2.45, 2.75) is 0 Å². The minimum atomic E-state index is 1.13. The van der Waals surface area contributed by atoms with Gasteiger partial charge in [0.1, 0.15) is 0 Å². The van der Waals surface area contributed by atoms with Gasteiger partial charge in [0.2, 0.25) is 0 Å². The molecular weight excluding hydrogens is 599 g/mol. The molecule has 0 N–H and O–H groups in total. The molecule has 0 radical (unpaired) electrons. The van der Waals surface area contributed by atoms with Crippen molar-refractivity contribution < 1.29 is 0 Å². The Bertz CT molecular complexity index is 2840. The minimum Gasteiger partial charge on any atom is -0.310 e. The van der Waals surface area contributed by atoms with Gasteiger partial charge in [0.25, 0.3) is 0 Å². The summed E-state index contributed by atoms with van der Waals surface area (Å²) in [5.41, 5.74) is 5.92. The molecule has 0 bridgehead atoms. The third kappa shape index (κ3) is 4.24. The van der Waals surface area contributed by atoms with Gasteiger partial charge in [-0.15, -0.1) is 11.3 Å². The molecule has 0 saturated carbocycles. The van der Waals surface area contributed by atoms with Crippen LogP contribution in [-0.2, 0) is 0 Å². The summed E-state index contributed by atoms with van der Waals surface area (Å²) in [4.78, 5) is 2.45. The standard InChI is InChI=1S/C46H29NS/c1-3-13-36-30(10-1)12-9-18-37(36)32-22-24-34(25-23-32)47(35-26-27-41-40-16-7-8-19-44(40)48-45(41)29-35)43-28-33-21-20-31-11-2-4-14-38(31)46(33)42-17-6-5-15-39(42)43/h1-29H. The van der Waals surface area contributed by atoms with Crippen LogP contribution in [0.15, 0.2) is 176 Å². The van der Waals surface area contributed by atoms with Crippen molar-refractivity contribution in [3.05, 3.63) is 176 Å². The summed E-state index contributed by atoms with van der Waals surface area (Å²) in [6, 6.07) is 64.6. The van der Waals surface area contributed by atoms with Crippen molar-refractivity contribution in [1.29, 1.82) is 0 Å². The zero-order chi connectivity index (χ0) is 31.6. The Kier molecular flexibility index (Phi) is 6.12. The highest BCUT2D eigenvalue weighted by Gasteiger charge is 2.19. The van der Waals surface area contributed by atoms with E-state index in [1.165, 1.54) is 80.1 Å². The summed E-state index contributed by atoms with van der Waals surface area (Å²) < 4.78 is 2.61.